The summed E-state index contributed by atoms with van der Waals surface area (Å²) in [5, 5.41) is 14.7. The summed E-state index contributed by atoms with van der Waals surface area (Å²) in [4.78, 5) is 7.09. The summed E-state index contributed by atoms with van der Waals surface area (Å²) in [7, 11) is 0. The second kappa shape index (κ2) is 10.9. The predicted octanol–water partition coefficient (Wildman–Crippen LogP) is 9.06. The second-order valence-corrected chi connectivity index (χ2v) is 12.6. The second-order valence-electron chi connectivity index (χ2n) is 12.6. The maximum absolute atomic E-state index is 6.58. The zero-order chi connectivity index (χ0) is 32.2. The third kappa shape index (κ3) is 4.52. The van der Waals surface area contributed by atoms with Crippen LogP contribution in [0.15, 0.2) is 140 Å². The maximum Gasteiger partial charge on any atom is 0.185 e. The molecule has 0 N–H and O–H groups in total. The molecule has 5 aromatic carbocycles. The molecule has 9 rings (SSSR count). The van der Waals surface area contributed by atoms with Crippen LogP contribution in [0.4, 0.5) is 11.4 Å². The number of hydrogen-bond donors (Lipinski definition) is 0. The highest BCUT2D eigenvalue weighted by molar-refractivity contribution is 6.09. The summed E-state index contributed by atoms with van der Waals surface area (Å²) < 4.78 is 10.6. The van der Waals surface area contributed by atoms with Gasteiger partial charge in [-0.3, -0.25) is 4.57 Å². The van der Waals surface area contributed by atoms with Crippen molar-refractivity contribution < 1.29 is 4.74 Å². The first-order chi connectivity index (χ1) is 23.5. The van der Waals surface area contributed by atoms with Gasteiger partial charge in [0.05, 0.1) is 16.7 Å². The van der Waals surface area contributed by atoms with Gasteiger partial charge in [-0.15, -0.1) is 5.10 Å². The third-order valence-corrected chi connectivity index (χ3v) is 9.45. The van der Waals surface area contributed by atoms with Gasteiger partial charge >= 0.3 is 0 Å². The van der Waals surface area contributed by atoms with Crippen molar-refractivity contribution in [3.63, 3.8) is 0 Å². The fourth-order valence-corrected chi connectivity index (χ4v) is 6.88. The van der Waals surface area contributed by atoms with E-state index in [9.17, 15) is 0 Å². The Kier molecular flexibility index (Phi) is 6.36. The molecule has 0 saturated carbocycles. The van der Waals surface area contributed by atoms with Crippen LogP contribution in [0.2, 0.25) is 0 Å². The van der Waals surface area contributed by atoms with Crippen LogP contribution in [-0.2, 0) is 12.1 Å². The van der Waals surface area contributed by atoms with E-state index < -0.39 is 0 Å². The largest absolute Gasteiger partial charge is 0.457 e. The molecule has 1 aliphatic rings. The van der Waals surface area contributed by atoms with E-state index in [1.807, 2.05) is 47.3 Å². The molecule has 1 aliphatic heterocycles. The number of para-hydroxylation sites is 2. The average Bonchev–Trinajstić information content (AvgIpc) is 3.74. The molecule has 0 spiro atoms. The molecule has 3 aromatic heterocycles. The molecule has 0 unspecified atom stereocenters. The lowest BCUT2D eigenvalue weighted by molar-refractivity contribution is 0.483. The first-order valence-corrected chi connectivity index (χ1v) is 16.0. The lowest BCUT2D eigenvalue weighted by atomic mass is 9.78. The number of benzene rings is 5. The number of ether oxygens (including phenoxy) is 1. The van der Waals surface area contributed by atoms with E-state index in [4.69, 9.17) is 9.72 Å². The molecule has 8 nitrogen and oxygen atoms in total. The normalized spacial score (nSPS) is 12.7. The highest BCUT2D eigenvalue weighted by Gasteiger charge is 2.26. The highest BCUT2D eigenvalue weighted by Crippen LogP contribution is 2.41. The van der Waals surface area contributed by atoms with Gasteiger partial charge in [-0.05, 0) is 76.2 Å². The van der Waals surface area contributed by atoms with Gasteiger partial charge in [-0.25, -0.2) is 9.67 Å². The smallest absolute Gasteiger partial charge is 0.185 e. The van der Waals surface area contributed by atoms with Crippen molar-refractivity contribution in [3.05, 3.63) is 151 Å². The maximum atomic E-state index is 6.58. The molecule has 8 aromatic rings. The molecule has 0 saturated heterocycles. The van der Waals surface area contributed by atoms with Crippen LogP contribution >= 0.6 is 0 Å². The van der Waals surface area contributed by atoms with E-state index in [0.717, 1.165) is 56.5 Å². The van der Waals surface area contributed by atoms with Gasteiger partial charge in [-0.2, -0.15) is 0 Å². The van der Waals surface area contributed by atoms with Crippen LogP contribution in [0, 0.1) is 0 Å². The Bertz CT molecular complexity index is 2460. The first kappa shape index (κ1) is 28.0. The van der Waals surface area contributed by atoms with Gasteiger partial charge in [0.25, 0.3) is 0 Å². The van der Waals surface area contributed by atoms with E-state index in [2.05, 4.69) is 136 Å². The topological polar surface area (TPSA) is 73.9 Å². The Morgan fingerprint density at radius 3 is 2.38 bits per heavy atom. The fourth-order valence-electron chi connectivity index (χ4n) is 6.88. The Labute approximate surface area is 277 Å². The van der Waals surface area contributed by atoms with E-state index in [1.165, 1.54) is 16.5 Å². The summed E-state index contributed by atoms with van der Waals surface area (Å²) in [6.07, 6.45) is 1.92. The number of tetrazole rings is 1. The standard InChI is InChI=1S/C40H31N7O/c1-40(2,27-11-4-3-5-12-27)28-21-22-41-38(23-28)47-36-18-9-6-15-32(36)33-20-19-31(25-37(33)47)48-30-14-10-13-29(24-30)45-26-46-39(42-43-44-46)34-16-7-8-17-35(34)45/h3-25H,26H2,1-2H3. The highest BCUT2D eigenvalue weighted by atomic mass is 16.5. The number of pyridine rings is 1. The van der Waals surface area contributed by atoms with E-state index >= 15 is 0 Å². The van der Waals surface area contributed by atoms with Gasteiger partial charge in [0.1, 0.15) is 24.0 Å². The monoisotopic (exact) mass is 625 g/mol. The van der Waals surface area contributed by atoms with Gasteiger partial charge < -0.3 is 9.64 Å². The van der Waals surface area contributed by atoms with Crippen LogP contribution in [0.5, 0.6) is 11.5 Å². The molecular formula is C40H31N7O. The van der Waals surface area contributed by atoms with Crippen molar-refractivity contribution >= 4 is 33.2 Å². The number of rotatable bonds is 6. The van der Waals surface area contributed by atoms with Crippen molar-refractivity contribution in [1.29, 1.82) is 0 Å². The molecule has 8 heteroatoms. The van der Waals surface area contributed by atoms with E-state index in [1.54, 1.807) is 0 Å². The molecule has 0 fully saturated rings. The number of aromatic nitrogens is 6. The van der Waals surface area contributed by atoms with Crippen LogP contribution in [0.1, 0.15) is 25.0 Å². The lowest BCUT2D eigenvalue weighted by Crippen LogP contribution is -2.27. The molecule has 0 atom stereocenters. The lowest BCUT2D eigenvalue weighted by Gasteiger charge is -2.30. The molecule has 0 bridgehead atoms. The minimum atomic E-state index is -0.197. The number of hydrogen-bond acceptors (Lipinski definition) is 6. The average molecular weight is 626 g/mol. The van der Waals surface area contributed by atoms with E-state index in [0.29, 0.717) is 6.67 Å². The quantitative estimate of drug-likeness (QED) is 0.184. The van der Waals surface area contributed by atoms with E-state index in [-0.39, 0.29) is 5.41 Å². The summed E-state index contributed by atoms with van der Waals surface area (Å²) >= 11 is 0. The van der Waals surface area contributed by atoms with Gasteiger partial charge in [0.2, 0.25) is 0 Å². The third-order valence-electron chi connectivity index (χ3n) is 9.45. The van der Waals surface area contributed by atoms with Crippen molar-refractivity contribution in [3.8, 4) is 28.7 Å². The van der Waals surface area contributed by atoms with Crippen LogP contribution < -0.4 is 9.64 Å². The molecule has 232 valence electrons. The zero-order valence-corrected chi connectivity index (χ0v) is 26.5. The summed E-state index contributed by atoms with van der Waals surface area (Å²) in [6.45, 7) is 5.03. The molecular weight excluding hydrogens is 594 g/mol. The molecule has 0 radical (unpaired) electrons. The summed E-state index contributed by atoms with van der Waals surface area (Å²) in [6, 6.07) is 46.1. The fraction of sp³-hybridized carbons (Fsp3) is 0.100. The molecule has 4 heterocycles. The Morgan fingerprint density at radius 1 is 0.667 bits per heavy atom. The molecule has 0 amide bonds. The zero-order valence-electron chi connectivity index (χ0n) is 26.5. The van der Waals surface area contributed by atoms with Crippen molar-refractivity contribution in [2.24, 2.45) is 0 Å². The van der Waals surface area contributed by atoms with Gasteiger partial charge in [0, 0.05) is 45.8 Å². The molecule has 0 aliphatic carbocycles. The Morgan fingerprint density at radius 2 is 1.46 bits per heavy atom. The van der Waals surface area contributed by atoms with Gasteiger partial charge in [0.15, 0.2) is 5.82 Å². The number of nitrogens with zero attached hydrogens (tertiary/aromatic N) is 7. The SMILES string of the molecule is CC(C)(c1ccccc1)c1ccnc(-n2c3ccccc3c3ccc(Oc4cccc(N5Cn6nnnc6-c6ccccc65)c4)cc32)c1. The first-order valence-electron chi connectivity index (χ1n) is 16.0. The van der Waals surface area contributed by atoms with Crippen molar-refractivity contribution in [2.75, 3.05) is 4.90 Å². The van der Waals surface area contributed by atoms with Gasteiger partial charge in [-0.1, -0.05) is 80.6 Å². The van der Waals surface area contributed by atoms with Crippen molar-refractivity contribution in [2.45, 2.75) is 25.9 Å². The summed E-state index contributed by atoms with van der Waals surface area (Å²) in [5.74, 6) is 3.11. The van der Waals surface area contributed by atoms with Crippen LogP contribution in [0.3, 0.4) is 0 Å². The molecule has 48 heavy (non-hydrogen) atoms. The van der Waals surface area contributed by atoms with Crippen molar-refractivity contribution in [1.82, 2.24) is 29.8 Å². The number of fused-ring (bicyclic) bond motifs is 6. The minimum Gasteiger partial charge on any atom is -0.457 e. The summed E-state index contributed by atoms with van der Waals surface area (Å²) in [5.41, 5.74) is 7.41. The Balaban J connectivity index is 1.11. The van der Waals surface area contributed by atoms with Crippen LogP contribution in [0.25, 0.3) is 39.0 Å². The van der Waals surface area contributed by atoms with Crippen LogP contribution in [-0.4, -0.2) is 29.8 Å². The number of anilines is 2. The minimum absolute atomic E-state index is 0.197. The predicted molar refractivity (Wildman–Crippen MR) is 189 cm³/mol. The Hall–Kier alpha value is -6.28.